The molecular formula is C26H26F3NO4. The number of carbonyl (C=O) groups is 1. The zero-order valence-corrected chi connectivity index (χ0v) is 18.5. The lowest BCUT2D eigenvalue weighted by atomic mass is 9.91. The highest BCUT2D eigenvalue weighted by Gasteiger charge is 2.37. The summed E-state index contributed by atoms with van der Waals surface area (Å²) < 4.78 is 47.2. The molecule has 5 nitrogen and oxygen atoms in total. The maximum absolute atomic E-state index is 13.8. The molecule has 0 radical (unpaired) electrons. The first-order chi connectivity index (χ1) is 16.2. The van der Waals surface area contributed by atoms with Crippen LogP contribution in [0.15, 0.2) is 36.4 Å². The van der Waals surface area contributed by atoms with Gasteiger partial charge in [0.25, 0.3) is 0 Å². The number of ether oxygens (including phenoxy) is 1. The highest BCUT2D eigenvalue weighted by Crippen LogP contribution is 2.43. The van der Waals surface area contributed by atoms with Crippen LogP contribution in [0.5, 0.6) is 5.75 Å². The van der Waals surface area contributed by atoms with Gasteiger partial charge in [0.15, 0.2) is 0 Å². The van der Waals surface area contributed by atoms with Crippen LogP contribution in [0.2, 0.25) is 0 Å². The smallest absolute Gasteiger partial charge is 0.416 e. The van der Waals surface area contributed by atoms with E-state index in [0.717, 1.165) is 41.1 Å². The number of benzene rings is 2. The van der Waals surface area contributed by atoms with Crippen molar-refractivity contribution >= 4 is 16.9 Å². The lowest BCUT2D eigenvalue weighted by Crippen LogP contribution is -2.13. The molecule has 1 saturated carbocycles. The van der Waals surface area contributed by atoms with Gasteiger partial charge in [-0.3, -0.25) is 4.79 Å². The number of H-pyrrole nitrogens is 1. The molecule has 0 aliphatic heterocycles. The number of fused-ring (bicyclic) bond motifs is 3. The number of rotatable bonds is 6. The third-order valence-electron chi connectivity index (χ3n) is 7.16. The molecule has 0 amide bonds. The number of halogens is 3. The fourth-order valence-electron chi connectivity index (χ4n) is 5.53. The van der Waals surface area contributed by atoms with Crippen LogP contribution >= 0.6 is 0 Å². The van der Waals surface area contributed by atoms with E-state index in [0.29, 0.717) is 30.6 Å². The molecule has 1 fully saturated rings. The maximum atomic E-state index is 13.8. The third-order valence-corrected chi connectivity index (χ3v) is 7.16. The van der Waals surface area contributed by atoms with Gasteiger partial charge in [0, 0.05) is 22.5 Å². The van der Waals surface area contributed by atoms with Crippen molar-refractivity contribution < 1.29 is 32.9 Å². The van der Waals surface area contributed by atoms with E-state index >= 15 is 0 Å². The van der Waals surface area contributed by atoms with E-state index in [9.17, 15) is 23.1 Å². The van der Waals surface area contributed by atoms with Crippen LogP contribution in [0.3, 0.4) is 0 Å². The number of aliphatic hydroxyl groups is 1. The van der Waals surface area contributed by atoms with Gasteiger partial charge in [0.2, 0.25) is 0 Å². The van der Waals surface area contributed by atoms with Crippen molar-refractivity contribution in [2.75, 3.05) is 0 Å². The zero-order valence-electron chi connectivity index (χ0n) is 18.5. The summed E-state index contributed by atoms with van der Waals surface area (Å²) >= 11 is 0. The van der Waals surface area contributed by atoms with E-state index in [4.69, 9.17) is 9.84 Å². The Morgan fingerprint density at radius 2 is 1.94 bits per heavy atom. The number of carboxylic acids is 1. The first kappa shape index (κ1) is 22.8. The van der Waals surface area contributed by atoms with Crippen molar-refractivity contribution in [2.24, 2.45) is 0 Å². The number of alkyl halides is 3. The monoisotopic (exact) mass is 473 g/mol. The summed E-state index contributed by atoms with van der Waals surface area (Å²) in [7, 11) is 0. The lowest BCUT2D eigenvalue weighted by Gasteiger charge is -2.19. The minimum atomic E-state index is -4.48. The zero-order chi connectivity index (χ0) is 24.0. The van der Waals surface area contributed by atoms with Crippen molar-refractivity contribution in [2.45, 2.75) is 69.2 Å². The van der Waals surface area contributed by atoms with Crippen molar-refractivity contribution in [1.29, 1.82) is 0 Å². The summed E-state index contributed by atoms with van der Waals surface area (Å²) in [5, 5.41) is 19.9. The van der Waals surface area contributed by atoms with Crippen LogP contribution in [-0.2, 0) is 24.0 Å². The van der Waals surface area contributed by atoms with Gasteiger partial charge in [-0.05, 0) is 79.0 Å². The van der Waals surface area contributed by atoms with E-state index < -0.39 is 23.8 Å². The van der Waals surface area contributed by atoms with Gasteiger partial charge in [-0.25, -0.2) is 0 Å². The van der Waals surface area contributed by atoms with Crippen LogP contribution in [0, 0.1) is 0 Å². The molecule has 2 aromatic carbocycles. The Balaban J connectivity index is 1.35. The number of aryl methyl sites for hydroxylation is 1. The average Bonchev–Trinajstić information content (AvgIpc) is 3.47. The quantitative estimate of drug-likeness (QED) is 0.416. The molecule has 0 spiro atoms. The molecule has 8 heteroatoms. The molecule has 3 atom stereocenters. The van der Waals surface area contributed by atoms with Crippen molar-refractivity contribution in [1.82, 2.24) is 4.98 Å². The Morgan fingerprint density at radius 1 is 1.12 bits per heavy atom. The van der Waals surface area contributed by atoms with Gasteiger partial charge in [0.05, 0.1) is 18.1 Å². The van der Waals surface area contributed by atoms with Crippen LogP contribution in [0.25, 0.3) is 10.9 Å². The second-order valence-corrected chi connectivity index (χ2v) is 9.43. The molecule has 2 aliphatic rings. The second-order valence-electron chi connectivity index (χ2n) is 9.43. The van der Waals surface area contributed by atoms with Gasteiger partial charge >= 0.3 is 12.1 Å². The van der Waals surface area contributed by atoms with E-state index in [2.05, 4.69) is 4.98 Å². The van der Waals surface area contributed by atoms with Gasteiger partial charge in [-0.15, -0.1) is 0 Å². The average molecular weight is 473 g/mol. The lowest BCUT2D eigenvalue weighted by molar-refractivity contribution is -0.139. The summed E-state index contributed by atoms with van der Waals surface area (Å²) in [6, 6.07) is 9.83. The molecule has 3 N–H and O–H groups in total. The molecule has 0 unspecified atom stereocenters. The number of aliphatic hydroxyl groups excluding tert-OH is 1. The van der Waals surface area contributed by atoms with Crippen molar-refractivity contribution in [3.05, 3.63) is 64.3 Å². The normalized spacial score (nSPS) is 22.3. The van der Waals surface area contributed by atoms with Gasteiger partial charge < -0.3 is 19.9 Å². The summed E-state index contributed by atoms with van der Waals surface area (Å²) in [6.07, 6.45) is -1.95. The second kappa shape index (κ2) is 8.65. The standard InChI is InChI=1S/C26H26F3NO4/c27-26(28,29)22-9-14(1-6-19(22)15-2-4-17(31)10-15)13-34-18-5-8-23-21(12-18)20-7-3-16(11-24(32)33)25(20)30-23/h1,5-6,8-9,12,15-17,30-31H,2-4,7,10-11,13H2,(H,32,33)/t15-,16-,17+/m0/s1. The summed E-state index contributed by atoms with van der Waals surface area (Å²) in [5.74, 6) is -0.601. The maximum Gasteiger partial charge on any atom is 0.416 e. The SMILES string of the molecule is O=C(O)C[C@@H]1CCc2c1[nH]c1ccc(OCc3ccc([C@H]4CC[C@@H](O)C4)c(C(F)(F)F)c3)cc21. The van der Waals surface area contributed by atoms with Gasteiger partial charge in [-0.1, -0.05) is 12.1 Å². The Kier molecular flexibility index (Phi) is 5.80. The summed E-state index contributed by atoms with van der Waals surface area (Å²) in [6.45, 7) is -0.00356. The van der Waals surface area contributed by atoms with E-state index in [1.165, 1.54) is 6.07 Å². The molecule has 0 bridgehead atoms. The van der Waals surface area contributed by atoms with Crippen LogP contribution < -0.4 is 4.74 Å². The number of aromatic nitrogens is 1. The predicted molar refractivity (Wildman–Crippen MR) is 120 cm³/mol. The molecule has 34 heavy (non-hydrogen) atoms. The summed E-state index contributed by atoms with van der Waals surface area (Å²) in [5.41, 5.74) is 2.96. The largest absolute Gasteiger partial charge is 0.489 e. The highest BCUT2D eigenvalue weighted by molar-refractivity contribution is 5.87. The van der Waals surface area contributed by atoms with Crippen molar-refractivity contribution in [3.8, 4) is 5.75 Å². The molecular weight excluding hydrogens is 447 g/mol. The van der Waals surface area contributed by atoms with Crippen LogP contribution in [0.1, 0.15) is 71.9 Å². The molecule has 3 aromatic rings. The van der Waals surface area contributed by atoms with Crippen molar-refractivity contribution in [3.63, 3.8) is 0 Å². The highest BCUT2D eigenvalue weighted by atomic mass is 19.4. The number of aliphatic carboxylic acids is 1. The topological polar surface area (TPSA) is 82.5 Å². The van der Waals surface area contributed by atoms with E-state index in [-0.39, 0.29) is 30.4 Å². The fraction of sp³-hybridized carbons (Fsp3) is 0.423. The van der Waals surface area contributed by atoms with Gasteiger partial charge in [-0.2, -0.15) is 13.2 Å². The number of hydrogen-bond donors (Lipinski definition) is 3. The van der Waals surface area contributed by atoms with E-state index in [1.54, 1.807) is 12.1 Å². The van der Waals surface area contributed by atoms with E-state index in [1.807, 2.05) is 12.1 Å². The van der Waals surface area contributed by atoms with Crippen LogP contribution in [-0.4, -0.2) is 27.3 Å². The van der Waals surface area contributed by atoms with Gasteiger partial charge in [0.1, 0.15) is 12.4 Å². The predicted octanol–water partition coefficient (Wildman–Crippen LogP) is 5.90. The molecule has 180 valence electrons. The molecule has 1 aromatic heterocycles. The number of carboxylic acid groups (broad SMARTS) is 1. The Morgan fingerprint density at radius 3 is 2.65 bits per heavy atom. The van der Waals surface area contributed by atoms with Crippen LogP contribution in [0.4, 0.5) is 13.2 Å². The molecule has 5 rings (SSSR count). The fourth-order valence-corrected chi connectivity index (χ4v) is 5.53. The minimum Gasteiger partial charge on any atom is -0.489 e. The molecule has 0 saturated heterocycles. The first-order valence-electron chi connectivity index (χ1n) is 11.6. The minimum absolute atomic E-state index is 0.00356. The first-order valence-corrected chi connectivity index (χ1v) is 11.6. The molecule has 1 heterocycles. The Hall–Kier alpha value is -3.00. The number of nitrogens with one attached hydrogen (secondary N) is 1. The third kappa shape index (κ3) is 4.39. The molecule has 2 aliphatic carbocycles. The number of hydrogen-bond acceptors (Lipinski definition) is 3. The number of aromatic amines is 1. The Bertz CT molecular complexity index is 1230. The Labute approximate surface area is 194 Å². The summed E-state index contributed by atoms with van der Waals surface area (Å²) in [4.78, 5) is 14.5.